The molecule has 0 unspecified atom stereocenters. The van der Waals surface area contributed by atoms with Crippen LogP contribution in [0.25, 0.3) is 0 Å². The highest BCUT2D eigenvalue weighted by Crippen LogP contribution is 2.14. The molecule has 3 aromatic rings. The molecule has 1 amide bonds. The molecule has 28 heavy (non-hydrogen) atoms. The lowest BCUT2D eigenvalue weighted by molar-refractivity contribution is 0.102. The number of primary sulfonamides is 1. The van der Waals surface area contributed by atoms with E-state index in [2.05, 4.69) is 5.32 Å². The molecule has 3 rings (SSSR count). The number of carbonyl (C=O) groups excluding carboxylic acids is 1. The number of pyridine rings is 1. The standard InChI is InChI=1S/C19H16ClN3O4S/c20-14-5-3-13(4-6-14)12-23-11-1-2-17(19(23)25)18(24)22-15-7-9-16(10-8-15)28(21,26)27/h1-11H,12H2,(H,22,24)(H2,21,26,27). The fourth-order valence-corrected chi connectivity index (χ4v) is 3.19. The zero-order valence-electron chi connectivity index (χ0n) is 14.5. The Morgan fingerprint density at radius 3 is 2.29 bits per heavy atom. The van der Waals surface area contributed by atoms with Gasteiger partial charge in [-0.25, -0.2) is 13.6 Å². The molecule has 0 atom stereocenters. The van der Waals surface area contributed by atoms with E-state index in [0.29, 0.717) is 17.3 Å². The number of sulfonamides is 1. The number of benzene rings is 2. The summed E-state index contributed by atoms with van der Waals surface area (Å²) in [4.78, 5) is 25.0. The van der Waals surface area contributed by atoms with Crippen LogP contribution in [-0.4, -0.2) is 18.9 Å². The molecule has 1 heterocycles. The van der Waals surface area contributed by atoms with Gasteiger partial charge in [0.2, 0.25) is 10.0 Å². The second kappa shape index (κ2) is 7.97. The Morgan fingerprint density at radius 1 is 1.04 bits per heavy atom. The minimum Gasteiger partial charge on any atom is -0.322 e. The van der Waals surface area contributed by atoms with Crippen molar-refractivity contribution in [1.82, 2.24) is 4.57 Å². The average molecular weight is 418 g/mol. The number of nitrogens with zero attached hydrogens (tertiary/aromatic N) is 1. The molecule has 0 aliphatic rings. The molecule has 0 aliphatic carbocycles. The highest BCUT2D eigenvalue weighted by molar-refractivity contribution is 7.89. The van der Waals surface area contributed by atoms with Gasteiger partial charge in [-0.2, -0.15) is 0 Å². The molecular weight excluding hydrogens is 402 g/mol. The number of anilines is 1. The third-order valence-electron chi connectivity index (χ3n) is 3.97. The maximum absolute atomic E-state index is 12.6. The summed E-state index contributed by atoms with van der Waals surface area (Å²) in [7, 11) is -3.82. The zero-order chi connectivity index (χ0) is 20.3. The SMILES string of the molecule is NS(=O)(=O)c1ccc(NC(=O)c2cccn(Cc3ccc(Cl)cc3)c2=O)cc1. The van der Waals surface area contributed by atoms with Gasteiger partial charge in [0.1, 0.15) is 5.56 Å². The monoisotopic (exact) mass is 417 g/mol. The van der Waals surface area contributed by atoms with Crippen LogP contribution in [0.15, 0.2) is 76.6 Å². The van der Waals surface area contributed by atoms with Gasteiger partial charge in [0.25, 0.3) is 11.5 Å². The summed E-state index contributed by atoms with van der Waals surface area (Å²) in [6.07, 6.45) is 1.59. The van der Waals surface area contributed by atoms with E-state index in [9.17, 15) is 18.0 Å². The molecule has 0 fully saturated rings. The third kappa shape index (κ3) is 4.66. The highest BCUT2D eigenvalue weighted by Gasteiger charge is 2.13. The first-order valence-electron chi connectivity index (χ1n) is 8.12. The first-order valence-corrected chi connectivity index (χ1v) is 10.0. The van der Waals surface area contributed by atoms with Crippen LogP contribution < -0.4 is 16.0 Å². The highest BCUT2D eigenvalue weighted by atomic mass is 35.5. The number of aromatic nitrogens is 1. The minimum absolute atomic E-state index is 0.0352. The van der Waals surface area contributed by atoms with Gasteiger partial charge in [0.15, 0.2) is 0 Å². The van der Waals surface area contributed by atoms with Crippen molar-refractivity contribution in [2.24, 2.45) is 5.14 Å². The number of hydrogen-bond acceptors (Lipinski definition) is 4. The van der Waals surface area contributed by atoms with E-state index < -0.39 is 21.5 Å². The summed E-state index contributed by atoms with van der Waals surface area (Å²) in [6, 6.07) is 15.4. The third-order valence-corrected chi connectivity index (χ3v) is 5.15. The quantitative estimate of drug-likeness (QED) is 0.664. The van der Waals surface area contributed by atoms with E-state index in [4.69, 9.17) is 16.7 Å². The number of hydrogen-bond donors (Lipinski definition) is 2. The van der Waals surface area contributed by atoms with E-state index in [1.54, 1.807) is 36.5 Å². The molecular formula is C19H16ClN3O4S. The van der Waals surface area contributed by atoms with Gasteiger partial charge in [-0.15, -0.1) is 0 Å². The molecule has 3 N–H and O–H groups in total. The van der Waals surface area contributed by atoms with Crippen molar-refractivity contribution in [3.63, 3.8) is 0 Å². The van der Waals surface area contributed by atoms with Crippen LogP contribution in [0, 0.1) is 0 Å². The minimum atomic E-state index is -3.82. The predicted octanol–water partition coefficient (Wildman–Crippen LogP) is 2.45. The van der Waals surface area contributed by atoms with Crippen LogP contribution in [0.2, 0.25) is 5.02 Å². The lowest BCUT2D eigenvalue weighted by atomic mass is 10.2. The van der Waals surface area contributed by atoms with Crippen molar-refractivity contribution in [2.45, 2.75) is 11.4 Å². The largest absolute Gasteiger partial charge is 0.322 e. The molecule has 0 aliphatic heterocycles. The molecule has 0 saturated heterocycles. The van der Waals surface area contributed by atoms with Crippen molar-refractivity contribution in [3.05, 3.63) is 93.4 Å². The summed E-state index contributed by atoms with van der Waals surface area (Å²) >= 11 is 5.86. The van der Waals surface area contributed by atoms with E-state index in [1.165, 1.54) is 34.9 Å². The van der Waals surface area contributed by atoms with E-state index >= 15 is 0 Å². The molecule has 0 spiro atoms. The molecule has 7 nitrogen and oxygen atoms in total. The molecule has 2 aromatic carbocycles. The average Bonchev–Trinajstić information content (AvgIpc) is 2.65. The summed E-state index contributed by atoms with van der Waals surface area (Å²) in [5.41, 5.74) is 0.718. The van der Waals surface area contributed by atoms with Crippen molar-refractivity contribution in [2.75, 3.05) is 5.32 Å². The van der Waals surface area contributed by atoms with Gasteiger partial charge in [-0.3, -0.25) is 9.59 Å². The Bertz CT molecular complexity index is 1170. The predicted molar refractivity (Wildman–Crippen MR) is 107 cm³/mol. The number of nitrogens with two attached hydrogens (primary N) is 1. The Hall–Kier alpha value is -2.94. The van der Waals surface area contributed by atoms with Crippen LogP contribution in [-0.2, 0) is 16.6 Å². The number of rotatable bonds is 5. The van der Waals surface area contributed by atoms with Gasteiger partial charge < -0.3 is 9.88 Å². The Labute approximate surface area is 166 Å². The molecule has 0 radical (unpaired) electrons. The van der Waals surface area contributed by atoms with Gasteiger partial charge >= 0.3 is 0 Å². The summed E-state index contributed by atoms with van der Waals surface area (Å²) in [5, 5.41) is 8.21. The number of amides is 1. The van der Waals surface area contributed by atoms with Crippen LogP contribution in [0.1, 0.15) is 15.9 Å². The maximum atomic E-state index is 12.6. The lowest BCUT2D eigenvalue weighted by Gasteiger charge is -2.09. The maximum Gasteiger partial charge on any atom is 0.263 e. The Balaban J connectivity index is 1.80. The summed E-state index contributed by atoms with van der Waals surface area (Å²) < 4.78 is 24.0. The Kier molecular flexibility index (Phi) is 5.64. The Morgan fingerprint density at radius 2 is 1.68 bits per heavy atom. The number of carbonyl (C=O) groups is 1. The zero-order valence-corrected chi connectivity index (χ0v) is 16.1. The van der Waals surface area contributed by atoms with Crippen molar-refractivity contribution in [3.8, 4) is 0 Å². The van der Waals surface area contributed by atoms with Gasteiger partial charge in [-0.1, -0.05) is 23.7 Å². The van der Waals surface area contributed by atoms with Gasteiger partial charge in [0.05, 0.1) is 11.4 Å². The fraction of sp³-hybridized carbons (Fsp3) is 0.0526. The summed E-state index contributed by atoms with van der Waals surface area (Å²) in [5.74, 6) is -0.598. The van der Waals surface area contributed by atoms with Crippen molar-refractivity contribution in [1.29, 1.82) is 0 Å². The van der Waals surface area contributed by atoms with Crippen LogP contribution in [0.3, 0.4) is 0 Å². The van der Waals surface area contributed by atoms with Crippen molar-refractivity contribution >= 4 is 33.2 Å². The summed E-state index contributed by atoms with van der Waals surface area (Å²) in [6.45, 7) is 0.292. The first-order chi connectivity index (χ1) is 13.2. The molecule has 0 saturated carbocycles. The van der Waals surface area contributed by atoms with E-state index in [1.807, 2.05) is 0 Å². The number of halogens is 1. The van der Waals surface area contributed by atoms with Crippen LogP contribution >= 0.6 is 11.6 Å². The molecule has 1 aromatic heterocycles. The number of nitrogens with one attached hydrogen (secondary N) is 1. The smallest absolute Gasteiger partial charge is 0.263 e. The van der Waals surface area contributed by atoms with Gasteiger partial charge in [0, 0.05) is 16.9 Å². The van der Waals surface area contributed by atoms with E-state index in [0.717, 1.165) is 5.56 Å². The van der Waals surface area contributed by atoms with E-state index in [-0.39, 0.29) is 10.5 Å². The van der Waals surface area contributed by atoms with Crippen molar-refractivity contribution < 1.29 is 13.2 Å². The molecule has 0 bridgehead atoms. The lowest BCUT2D eigenvalue weighted by Crippen LogP contribution is -2.29. The van der Waals surface area contributed by atoms with Crippen LogP contribution in [0.4, 0.5) is 5.69 Å². The normalized spacial score (nSPS) is 11.2. The second-order valence-corrected chi connectivity index (χ2v) is 8.00. The topological polar surface area (TPSA) is 111 Å². The second-order valence-electron chi connectivity index (χ2n) is 6.00. The molecule has 9 heteroatoms. The fourth-order valence-electron chi connectivity index (χ4n) is 2.55. The van der Waals surface area contributed by atoms with Gasteiger partial charge in [-0.05, 0) is 54.1 Å². The van der Waals surface area contributed by atoms with Crippen LogP contribution in [0.5, 0.6) is 0 Å². The molecule has 144 valence electrons. The first kappa shape index (κ1) is 19.8.